The number of hydrogen-bond donors (Lipinski definition) is 0. The monoisotopic (exact) mass is 259 g/mol. The first-order valence-electron chi connectivity index (χ1n) is 5.70. The van der Waals surface area contributed by atoms with Crippen LogP contribution in [-0.2, 0) is 11.4 Å². The Morgan fingerprint density at radius 2 is 2.21 bits per heavy atom. The third-order valence-corrected chi connectivity index (χ3v) is 2.34. The fraction of sp³-hybridized carbons (Fsp3) is 0.250. The lowest BCUT2D eigenvalue weighted by atomic mass is 10.3. The van der Waals surface area contributed by atoms with E-state index >= 15 is 0 Å². The summed E-state index contributed by atoms with van der Waals surface area (Å²) in [6.07, 6.45) is 7.02. The van der Waals surface area contributed by atoms with E-state index in [9.17, 15) is 5.11 Å². The molecule has 2 rings (SSSR count). The lowest BCUT2D eigenvalue weighted by Gasteiger charge is -2.05. The van der Waals surface area contributed by atoms with Crippen molar-refractivity contribution < 1.29 is 14.6 Å². The lowest BCUT2D eigenvalue weighted by Crippen LogP contribution is -2.39. The van der Waals surface area contributed by atoms with Crippen molar-refractivity contribution in [3.63, 3.8) is 0 Å². The average molecular weight is 259 g/mol. The van der Waals surface area contributed by atoms with E-state index in [1.54, 1.807) is 35.5 Å². The molecule has 0 aliphatic carbocycles. The van der Waals surface area contributed by atoms with Gasteiger partial charge in [0, 0.05) is 36.3 Å². The Kier molecular flexibility index (Phi) is 4.33. The zero-order valence-corrected chi connectivity index (χ0v) is 10.4. The molecule has 0 aliphatic heterocycles. The smallest absolute Gasteiger partial charge is 0.197 e. The van der Waals surface area contributed by atoms with Gasteiger partial charge in [0.1, 0.15) is 13.3 Å². The molecule has 2 aromatic rings. The van der Waals surface area contributed by atoms with Gasteiger partial charge in [-0.25, -0.2) is 9.97 Å². The predicted octanol–water partition coefficient (Wildman–Crippen LogP) is -0.464. The van der Waals surface area contributed by atoms with Crippen LogP contribution in [0, 0.1) is 0 Å². The Bertz CT molecular complexity index is 542. The highest BCUT2D eigenvalue weighted by atomic mass is 16.6. The molecule has 0 N–H and O–H groups in total. The van der Waals surface area contributed by atoms with Crippen molar-refractivity contribution in [2.75, 3.05) is 7.11 Å². The van der Waals surface area contributed by atoms with Gasteiger partial charge in [0.25, 0.3) is 0 Å². The number of aromatic nitrogens is 4. The van der Waals surface area contributed by atoms with Crippen LogP contribution >= 0.6 is 0 Å². The number of aryl methyl sites for hydroxylation is 1. The molecule has 2 aromatic heterocycles. The molecule has 0 aromatic carbocycles. The molecule has 0 aliphatic rings. The molecule has 0 fully saturated rings. The second kappa shape index (κ2) is 6.39. The maximum absolute atomic E-state index is 11.2. The maximum atomic E-state index is 11.2. The largest absolute Gasteiger partial charge is 0.859 e. The second-order valence-corrected chi connectivity index (χ2v) is 3.67. The number of hydrogen-bond acceptors (Lipinski definition) is 6. The van der Waals surface area contributed by atoms with Crippen LogP contribution in [0.4, 0.5) is 0 Å². The van der Waals surface area contributed by atoms with Crippen LogP contribution < -0.4 is 9.79 Å². The van der Waals surface area contributed by atoms with Gasteiger partial charge in [-0.3, -0.25) is 0 Å². The Hall–Kier alpha value is -2.57. The Morgan fingerprint density at radius 3 is 2.84 bits per heavy atom. The van der Waals surface area contributed by atoms with Crippen molar-refractivity contribution in [3.8, 4) is 11.4 Å². The molecule has 0 bridgehead atoms. The summed E-state index contributed by atoms with van der Waals surface area (Å²) < 4.78 is 1.65. The quantitative estimate of drug-likeness (QED) is 0.314. The highest BCUT2D eigenvalue weighted by Crippen LogP contribution is 2.09. The van der Waals surface area contributed by atoms with Crippen LogP contribution in [0.2, 0.25) is 0 Å². The molecule has 0 unspecified atom stereocenters. The fourth-order valence-corrected chi connectivity index (χ4v) is 1.45. The first-order chi connectivity index (χ1) is 9.29. The van der Waals surface area contributed by atoms with Gasteiger partial charge in [-0.2, -0.15) is 0 Å². The van der Waals surface area contributed by atoms with Gasteiger partial charge in [0.15, 0.2) is 18.6 Å². The van der Waals surface area contributed by atoms with Crippen molar-refractivity contribution in [2.24, 2.45) is 5.16 Å². The number of nitrogens with zero attached hydrogens (tertiary/aromatic N) is 5. The van der Waals surface area contributed by atoms with Gasteiger partial charge < -0.3 is 9.94 Å². The summed E-state index contributed by atoms with van der Waals surface area (Å²) in [6.45, 7) is 0.446. The summed E-state index contributed by atoms with van der Waals surface area (Å²) in [5.41, 5.74) is 0.824. The van der Waals surface area contributed by atoms with Crippen LogP contribution in [0.5, 0.6) is 0 Å². The number of rotatable bonds is 5. The van der Waals surface area contributed by atoms with Crippen molar-refractivity contribution in [3.05, 3.63) is 36.9 Å². The predicted molar refractivity (Wildman–Crippen MR) is 64.5 cm³/mol. The molecule has 0 spiro atoms. The third kappa shape index (κ3) is 3.70. The maximum Gasteiger partial charge on any atom is 0.197 e. The minimum absolute atomic E-state index is 0.243. The summed E-state index contributed by atoms with van der Waals surface area (Å²) in [6, 6.07) is 3.60. The highest BCUT2D eigenvalue weighted by Gasteiger charge is 2.05. The number of oxime groups is 1. The van der Waals surface area contributed by atoms with E-state index in [4.69, 9.17) is 0 Å². The van der Waals surface area contributed by atoms with Gasteiger partial charge in [-0.05, 0) is 11.2 Å². The molecule has 0 atom stereocenters. The van der Waals surface area contributed by atoms with E-state index in [0.717, 1.165) is 5.56 Å². The molecular weight excluding hydrogens is 246 g/mol. The Morgan fingerprint density at radius 1 is 1.42 bits per heavy atom. The van der Waals surface area contributed by atoms with Crippen molar-refractivity contribution in [1.29, 1.82) is 0 Å². The van der Waals surface area contributed by atoms with E-state index in [1.807, 2.05) is 6.07 Å². The zero-order chi connectivity index (χ0) is 13.5. The van der Waals surface area contributed by atoms with Crippen molar-refractivity contribution >= 4 is 5.90 Å². The van der Waals surface area contributed by atoms with Crippen LogP contribution in [0.3, 0.4) is 0 Å². The molecule has 2 heterocycles. The summed E-state index contributed by atoms with van der Waals surface area (Å²) in [5.74, 6) is 0.305. The molecule has 7 heteroatoms. The molecule has 0 radical (unpaired) electrons. The van der Waals surface area contributed by atoms with Gasteiger partial charge in [0.2, 0.25) is 0 Å². The highest BCUT2D eigenvalue weighted by molar-refractivity contribution is 5.70. The van der Waals surface area contributed by atoms with Crippen LogP contribution in [0.1, 0.15) is 6.42 Å². The van der Waals surface area contributed by atoms with E-state index in [1.165, 1.54) is 7.11 Å². The summed E-state index contributed by atoms with van der Waals surface area (Å²) in [4.78, 5) is 12.7. The van der Waals surface area contributed by atoms with Gasteiger partial charge >= 0.3 is 0 Å². The van der Waals surface area contributed by atoms with E-state index in [0.29, 0.717) is 12.4 Å². The van der Waals surface area contributed by atoms with Gasteiger partial charge in [-0.15, -0.1) is 5.16 Å². The summed E-state index contributed by atoms with van der Waals surface area (Å²) in [7, 11) is 1.35. The van der Waals surface area contributed by atoms with Crippen LogP contribution in [0.25, 0.3) is 11.4 Å². The summed E-state index contributed by atoms with van der Waals surface area (Å²) >= 11 is 0. The van der Waals surface area contributed by atoms with Crippen molar-refractivity contribution in [2.45, 2.75) is 13.0 Å². The zero-order valence-electron chi connectivity index (χ0n) is 10.4. The fourth-order valence-electron chi connectivity index (χ4n) is 1.45. The minimum Gasteiger partial charge on any atom is -0.859 e. The standard InChI is InChI=1S/C12H13N5O2/c1-19-16-11(18)4-8-17-7-3-10(9-15-17)12-13-5-2-6-14-12/h2-3,5-7,9H,4,8H2,1H3. The van der Waals surface area contributed by atoms with Gasteiger partial charge in [-0.1, -0.05) is 4.68 Å². The van der Waals surface area contributed by atoms with E-state index in [-0.39, 0.29) is 12.3 Å². The molecule has 0 amide bonds. The van der Waals surface area contributed by atoms with E-state index < -0.39 is 0 Å². The average Bonchev–Trinajstić information content (AvgIpc) is 2.47. The lowest BCUT2D eigenvalue weighted by molar-refractivity contribution is -0.753. The topological polar surface area (TPSA) is 87.2 Å². The molecule has 19 heavy (non-hydrogen) atoms. The molecule has 98 valence electrons. The Balaban J connectivity index is 2.01. The molecule has 7 nitrogen and oxygen atoms in total. The van der Waals surface area contributed by atoms with Crippen LogP contribution in [0.15, 0.2) is 42.1 Å². The summed E-state index contributed by atoms with van der Waals surface area (Å²) in [5, 5.41) is 18.6. The van der Waals surface area contributed by atoms with Crippen molar-refractivity contribution in [1.82, 2.24) is 15.1 Å². The molecule has 0 saturated carbocycles. The normalized spacial score (nSPS) is 11.3. The Labute approximate surface area is 110 Å². The molecule has 0 saturated heterocycles. The van der Waals surface area contributed by atoms with E-state index in [2.05, 4.69) is 25.1 Å². The third-order valence-electron chi connectivity index (χ3n) is 2.34. The van der Waals surface area contributed by atoms with Gasteiger partial charge in [0.05, 0.1) is 0 Å². The molecular formula is C12H13N5O2. The second-order valence-electron chi connectivity index (χ2n) is 3.67. The first kappa shape index (κ1) is 12.9. The minimum atomic E-state index is -0.313. The SMILES string of the molecule is CO/N=C(\[O-])CC[n+]1ccc(-c2ncccn2)cn1. The van der Waals surface area contributed by atoms with Crippen LogP contribution in [-0.4, -0.2) is 28.1 Å². The first-order valence-corrected chi connectivity index (χ1v) is 5.70.